The molecule has 8 nitrogen and oxygen atoms in total. The lowest BCUT2D eigenvalue weighted by Gasteiger charge is -2.23. The summed E-state index contributed by atoms with van der Waals surface area (Å²) >= 11 is 1.22. The minimum Gasteiger partial charge on any atom is -0.507 e. The van der Waals surface area contributed by atoms with Gasteiger partial charge in [-0.2, -0.15) is 0 Å². The summed E-state index contributed by atoms with van der Waals surface area (Å²) in [6.07, 6.45) is 3.17. The summed E-state index contributed by atoms with van der Waals surface area (Å²) in [6.45, 7) is 3.95. The zero-order valence-electron chi connectivity index (χ0n) is 18.6. The number of carbonyl (C=O) groups is 2. The van der Waals surface area contributed by atoms with E-state index in [0.29, 0.717) is 40.1 Å². The minimum absolute atomic E-state index is 0.0489. The molecule has 2 heterocycles. The molecule has 9 heteroatoms. The summed E-state index contributed by atoms with van der Waals surface area (Å²) in [6, 6.07) is 10.7. The molecule has 1 unspecified atom stereocenters. The lowest BCUT2D eigenvalue weighted by Crippen LogP contribution is -2.29. The molecule has 1 aromatic heterocycles. The Hall–Kier alpha value is -4.11. The number of carbonyl (C=O) groups excluding carboxylic acids is 2. The molecule has 1 saturated heterocycles. The molecular weight excluding hydrogens is 456 g/mol. The Morgan fingerprint density at radius 1 is 1.15 bits per heavy atom. The van der Waals surface area contributed by atoms with Crippen LogP contribution in [0.2, 0.25) is 0 Å². The van der Waals surface area contributed by atoms with Crippen LogP contribution in [0.15, 0.2) is 72.3 Å². The van der Waals surface area contributed by atoms with Gasteiger partial charge in [0, 0.05) is 17.1 Å². The van der Waals surface area contributed by atoms with Crippen LogP contribution < -0.4 is 19.1 Å². The maximum absolute atomic E-state index is 13.2. The molecule has 0 saturated carbocycles. The highest BCUT2D eigenvalue weighted by Gasteiger charge is 2.48. The summed E-state index contributed by atoms with van der Waals surface area (Å²) in [5.74, 6) is -0.383. The predicted octanol–water partition coefficient (Wildman–Crippen LogP) is 4.35. The SMILES string of the molecule is C=CCOc1ccc(C(O)=C2C(=O)C(=O)N(c3nccs3)C2c2ccc(OC)c(OC)c2)cc1. The van der Waals surface area contributed by atoms with Gasteiger partial charge < -0.3 is 19.3 Å². The number of aromatic nitrogens is 1. The number of thiazole rings is 1. The lowest BCUT2D eigenvalue weighted by molar-refractivity contribution is -0.132. The van der Waals surface area contributed by atoms with Gasteiger partial charge in [-0.3, -0.25) is 14.5 Å². The summed E-state index contributed by atoms with van der Waals surface area (Å²) < 4.78 is 16.2. The molecule has 1 amide bonds. The molecule has 0 radical (unpaired) electrons. The zero-order chi connectivity index (χ0) is 24.2. The maximum atomic E-state index is 13.2. The van der Waals surface area contributed by atoms with Crippen molar-refractivity contribution in [2.75, 3.05) is 25.7 Å². The van der Waals surface area contributed by atoms with Gasteiger partial charge >= 0.3 is 5.91 Å². The van der Waals surface area contributed by atoms with Crippen LogP contribution in [0.5, 0.6) is 17.2 Å². The number of anilines is 1. The normalized spacial score (nSPS) is 17.0. The van der Waals surface area contributed by atoms with Crippen LogP contribution in [0.3, 0.4) is 0 Å². The highest BCUT2D eigenvalue weighted by molar-refractivity contribution is 7.14. The van der Waals surface area contributed by atoms with E-state index >= 15 is 0 Å². The van der Waals surface area contributed by atoms with Gasteiger partial charge in [-0.25, -0.2) is 4.98 Å². The van der Waals surface area contributed by atoms with Crippen molar-refractivity contribution in [3.05, 3.63) is 83.4 Å². The molecule has 0 bridgehead atoms. The van der Waals surface area contributed by atoms with Crippen molar-refractivity contribution >= 4 is 33.9 Å². The fraction of sp³-hybridized carbons (Fsp3) is 0.160. The van der Waals surface area contributed by atoms with Crippen LogP contribution in [0, 0.1) is 0 Å². The van der Waals surface area contributed by atoms with Gasteiger partial charge in [-0.1, -0.05) is 18.7 Å². The molecule has 1 aliphatic rings. The Labute approximate surface area is 200 Å². The number of aliphatic hydroxyl groups excluding tert-OH is 1. The number of aliphatic hydroxyl groups is 1. The Bertz CT molecular complexity index is 1250. The first-order chi connectivity index (χ1) is 16.5. The monoisotopic (exact) mass is 478 g/mol. The fourth-order valence-corrected chi connectivity index (χ4v) is 4.39. The molecule has 1 N–H and O–H groups in total. The largest absolute Gasteiger partial charge is 0.507 e. The summed E-state index contributed by atoms with van der Waals surface area (Å²) in [4.78, 5) is 31.8. The smallest absolute Gasteiger partial charge is 0.301 e. The first-order valence-corrected chi connectivity index (χ1v) is 11.1. The van der Waals surface area contributed by atoms with Crippen LogP contribution in [-0.4, -0.2) is 42.6 Å². The number of Topliss-reactive ketones (excluding diaryl/α,β-unsaturated/α-hetero) is 1. The van der Waals surface area contributed by atoms with Crippen LogP contribution in [0.25, 0.3) is 5.76 Å². The van der Waals surface area contributed by atoms with E-state index in [1.165, 1.54) is 30.5 Å². The van der Waals surface area contributed by atoms with Crippen molar-refractivity contribution in [2.45, 2.75) is 6.04 Å². The average Bonchev–Trinajstić information content (AvgIpc) is 3.48. The first-order valence-electron chi connectivity index (χ1n) is 10.3. The Kier molecular flexibility index (Phi) is 6.65. The van der Waals surface area contributed by atoms with E-state index in [4.69, 9.17) is 14.2 Å². The lowest BCUT2D eigenvalue weighted by atomic mass is 9.95. The summed E-state index contributed by atoms with van der Waals surface area (Å²) in [5.41, 5.74) is 0.875. The van der Waals surface area contributed by atoms with Crippen molar-refractivity contribution in [1.82, 2.24) is 4.98 Å². The zero-order valence-corrected chi connectivity index (χ0v) is 19.4. The third-order valence-corrected chi connectivity index (χ3v) is 6.06. The second kappa shape index (κ2) is 9.80. The van der Waals surface area contributed by atoms with E-state index in [1.807, 2.05) is 0 Å². The van der Waals surface area contributed by atoms with Gasteiger partial charge in [0.05, 0.1) is 25.8 Å². The van der Waals surface area contributed by atoms with E-state index in [0.717, 1.165) is 0 Å². The van der Waals surface area contributed by atoms with Gasteiger partial charge in [-0.05, 0) is 42.0 Å². The molecule has 2 aromatic carbocycles. The predicted molar refractivity (Wildman–Crippen MR) is 129 cm³/mol. The van der Waals surface area contributed by atoms with Crippen molar-refractivity contribution in [3.8, 4) is 17.2 Å². The number of amides is 1. The maximum Gasteiger partial charge on any atom is 0.301 e. The molecule has 1 fully saturated rings. The van der Waals surface area contributed by atoms with Gasteiger partial charge in [-0.15, -0.1) is 11.3 Å². The number of hydrogen-bond acceptors (Lipinski definition) is 8. The van der Waals surface area contributed by atoms with Crippen molar-refractivity contribution in [3.63, 3.8) is 0 Å². The molecule has 0 spiro atoms. The van der Waals surface area contributed by atoms with E-state index in [9.17, 15) is 14.7 Å². The number of ether oxygens (including phenoxy) is 3. The van der Waals surface area contributed by atoms with Crippen molar-refractivity contribution < 1.29 is 28.9 Å². The number of rotatable bonds is 8. The molecule has 4 rings (SSSR count). The van der Waals surface area contributed by atoms with Gasteiger partial charge in [0.15, 0.2) is 16.6 Å². The fourth-order valence-electron chi connectivity index (χ4n) is 3.72. The minimum atomic E-state index is -0.914. The van der Waals surface area contributed by atoms with E-state index in [-0.39, 0.29) is 11.3 Å². The number of methoxy groups -OCH3 is 2. The average molecular weight is 479 g/mol. The third kappa shape index (κ3) is 4.13. The highest BCUT2D eigenvalue weighted by Crippen LogP contribution is 2.44. The number of ketones is 1. The van der Waals surface area contributed by atoms with E-state index in [2.05, 4.69) is 11.6 Å². The van der Waals surface area contributed by atoms with Gasteiger partial charge in [0.2, 0.25) is 0 Å². The van der Waals surface area contributed by atoms with Crippen LogP contribution in [0.4, 0.5) is 5.13 Å². The Morgan fingerprint density at radius 2 is 1.88 bits per heavy atom. The third-order valence-electron chi connectivity index (χ3n) is 5.29. The molecule has 34 heavy (non-hydrogen) atoms. The van der Waals surface area contributed by atoms with E-state index in [1.54, 1.807) is 60.1 Å². The summed E-state index contributed by atoms with van der Waals surface area (Å²) in [5, 5.41) is 13.3. The number of benzene rings is 2. The van der Waals surface area contributed by atoms with Crippen LogP contribution >= 0.6 is 11.3 Å². The molecule has 1 aliphatic heterocycles. The Morgan fingerprint density at radius 3 is 2.50 bits per heavy atom. The second-order valence-corrected chi connectivity index (χ2v) is 8.10. The van der Waals surface area contributed by atoms with Gasteiger partial charge in [0.25, 0.3) is 5.78 Å². The van der Waals surface area contributed by atoms with Gasteiger partial charge in [0.1, 0.15) is 18.1 Å². The summed E-state index contributed by atoms with van der Waals surface area (Å²) in [7, 11) is 3.01. The topological polar surface area (TPSA) is 98.2 Å². The first kappa shape index (κ1) is 23.1. The van der Waals surface area contributed by atoms with Crippen LogP contribution in [-0.2, 0) is 9.59 Å². The van der Waals surface area contributed by atoms with Crippen molar-refractivity contribution in [2.24, 2.45) is 0 Å². The Balaban J connectivity index is 1.86. The second-order valence-electron chi connectivity index (χ2n) is 7.22. The van der Waals surface area contributed by atoms with Crippen LogP contribution in [0.1, 0.15) is 17.2 Å². The highest BCUT2D eigenvalue weighted by atomic mass is 32.1. The molecule has 1 atom stereocenters. The molecular formula is C25H22N2O6S. The quantitative estimate of drug-likeness (QED) is 0.222. The standard InChI is InChI=1S/C25H22N2O6S/c1-4-12-33-17-8-5-15(6-9-17)22(28)20-21(16-7-10-18(31-2)19(14-16)32-3)27(24(30)23(20)29)25-26-11-13-34-25/h4-11,13-14,21,28H,1,12H2,2-3H3. The molecule has 0 aliphatic carbocycles. The molecule has 174 valence electrons. The molecule has 3 aromatic rings. The number of hydrogen-bond donors (Lipinski definition) is 1. The van der Waals surface area contributed by atoms with E-state index < -0.39 is 17.7 Å². The van der Waals surface area contributed by atoms with Crippen molar-refractivity contribution in [1.29, 1.82) is 0 Å². The number of nitrogens with zero attached hydrogens (tertiary/aromatic N) is 2.